The lowest BCUT2D eigenvalue weighted by molar-refractivity contribution is -0.355. The fraction of sp³-hybridized carbons (Fsp3) is 0.917. The average molecular weight is 728 g/mol. The number of fused-ring (bicyclic) bond motifs is 5. The fourth-order valence-corrected chi connectivity index (χ4v) is 11.8. The monoisotopic (exact) mass is 727 g/mol. The number of nitrogens with zero attached hydrogens (tertiary/aromatic N) is 1. The molecule has 290 valence electrons. The highest BCUT2D eigenvalue weighted by molar-refractivity contribution is 5.85. The van der Waals surface area contributed by atoms with Crippen LogP contribution in [0.4, 0.5) is 0 Å². The van der Waals surface area contributed by atoms with Crippen LogP contribution in [0.2, 0.25) is 0 Å². The van der Waals surface area contributed by atoms with Crippen molar-refractivity contribution in [3.8, 4) is 0 Å². The molecular formula is C36H57NO14. The van der Waals surface area contributed by atoms with Gasteiger partial charge in [-0.15, -0.1) is 0 Å². The molecule has 15 nitrogen and oxygen atoms in total. The Morgan fingerprint density at radius 3 is 2.25 bits per heavy atom. The zero-order valence-corrected chi connectivity index (χ0v) is 29.7. The Morgan fingerprint density at radius 2 is 1.57 bits per heavy atom. The smallest absolute Gasteiger partial charge is 0.331 e. The lowest BCUT2D eigenvalue weighted by atomic mass is 9.43. The highest BCUT2D eigenvalue weighted by Gasteiger charge is 2.68. The third kappa shape index (κ3) is 6.03. The summed E-state index contributed by atoms with van der Waals surface area (Å²) >= 11 is 0. The summed E-state index contributed by atoms with van der Waals surface area (Å²) in [6.45, 7) is 3.85. The van der Waals surface area contributed by atoms with Crippen LogP contribution in [0, 0.1) is 34.5 Å². The van der Waals surface area contributed by atoms with Crippen LogP contribution in [0.1, 0.15) is 71.6 Å². The van der Waals surface area contributed by atoms with Gasteiger partial charge in [-0.2, -0.15) is 5.06 Å². The van der Waals surface area contributed by atoms with E-state index in [9.17, 15) is 45.6 Å². The zero-order valence-electron chi connectivity index (χ0n) is 29.7. The van der Waals surface area contributed by atoms with Gasteiger partial charge in [-0.25, -0.2) is 4.79 Å². The Kier molecular flexibility index (Phi) is 10.5. The molecule has 0 aromatic carbocycles. The van der Waals surface area contributed by atoms with Gasteiger partial charge in [0.25, 0.3) is 0 Å². The van der Waals surface area contributed by atoms with Crippen LogP contribution in [0.25, 0.3) is 0 Å². The van der Waals surface area contributed by atoms with Crippen LogP contribution < -0.4 is 0 Å². The van der Waals surface area contributed by atoms with Crippen LogP contribution >= 0.6 is 0 Å². The number of carbonyl (C=O) groups excluding carboxylic acids is 1. The predicted octanol–water partition coefficient (Wildman–Crippen LogP) is -0.900. The molecule has 3 heterocycles. The summed E-state index contributed by atoms with van der Waals surface area (Å²) in [5.41, 5.74) is -0.141. The molecule has 15 heteroatoms. The van der Waals surface area contributed by atoms with Crippen LogP contribution in [0.3, 0.4) is 0 Å². The van der Waals surface area contributed by atoms with Crippen molar-refractivity contribution in [2.45, 2.75) is 145 Å². The van der Waals surface area contributed by atoms with Gasteiger partial charge in [-0.05, 0) is 92.4 Å². The van der Waals surface area contributed by atoms with Gasteiger partial charge in [0, 0.05) is 17.5 Å². The number of hydrogen-bond acceptors (Lipinski definition) is 15. The minimum atomic E-state index is -1.66. The van der Waals surface area contributed by atoms with Gasteiger partial charge in [-0.1, -0.05) is 13.8 Å². The molecule has 4 saturated carbocycles. The van der Waals surface area contributed by atoms with Crippen LogP contribution in [0.5, 0.6) is 0 Å². The van der Waals surface area contributed by atoms with E-state index in [4.69, 9.17) is 23.8 Å². The van der Waals surface area contributed by atoms with Crippen LogP contribution in [0.15, 0.2) is 11.6 Å². The first kappa shape index (κ1) is 38.0. The maximum atomic E-state index is 12.6. The van der Waals surface area contributed by atoms with Crippen molar-refractivity contribution >= 4 is 5.97 Å². The first-order chi connectivity index (χ1) is 24.2. The highest BCUT2D eigenvalue weighted by atomic mass is 16.7. The Balaban J connectivity index is 1.02. The molecule has 7 aliphatic rings. The number of hydrogen-bond donors (Lipinski definition) is 8. The molecule has 0 aromatic rings. The molecule has 0 spiro atoms. The van der Waals surface area contributed by atoms with Gasteiger partial charge in [0.2, 0.25) is 0 Å². The summed E-state index contributed by atoms with van der Waals surface area (Å²) in [5, 5.41) is 87.1. The van der Waals surface area contributed by atoms with Crippen molar-refractivity contribution in [3.63, 3.8) is 0 Å². The summed E-state index contributed by atoms with van der Waals surface area (Å²) in [6, 6.07) is -0.182. The van der Waals surface area contributed by atoms with Crippen LogP contribution in [-0.2, 0) is 28.6 Å². The van der Waals surface area contributed by atoms with E-state index < -0.39 is 80.2 Å². The lowest BCUT2D eigenvalue weighted by Gasteiger charge is -2.64. The third-order valence-corrected chi connectivity index (χ3v) is 14.7. The molecule has 0 radical (unpaired) electrons. The summed E-state index contributed by atoms with van der Waals surface area (Å²) in [5.74, 6) is 0.638. The number of rotatable bonds is 8. The van der Waals surface area contributed by atoms with Gasteiger partial charge in [0.1, 0.15) is 55.4 Å². The van der Waals surface area contributed by atoms with E-state index in [1.165, 1.54) is 7.11 Å². The number of carbonyl (C=O) groups is 1. The largest absolute Gasteiger partial charge is 0.458 e. The van der Waals surface area contributed by atoms with E-state index in [0.717, 1.165) is 50.5 Å². The first-order valence-corrected chi connectivity index (χ1v) is 18.7. The average Bonchev–Trinajstić information content (AvgIpc) is 3.66. The van der Waals surface area contributed by atoms with Crippen molar-refractivity contribution in [3.05, 3.63) is 11.6 Å². The Bertz CT molecular complexity index is 1320. The molecule has 0 aromatic heterocycles. The van der Waals surface area contributed by atoms with Gasteiger partial charge < -0.3 is 59.8 Å². The van der Waals surface area contributed by atoms with E-state index in [0.29, 0.717) is 31.3 Å². The molecule has 2 saturated heterocycles. The van der Waals surface area contributed by atoms with E-state index in [1.807, 2.05) is 0 Å². The van der Waals surface area contributed by atoms with Crippen molar-refractivity contribution in [2.24, 2.45) is 34.5 Å². The first-order valence-electron chi connectivity index (χ1n) is 18.7. The number of ether oxygens (including phenoxy) is 4. The summed E-state index contributed by atoms with van der Waals surface area (Å²) in [4.78, 5) is 17.8. The molecule has 7 rings (SSSR count). The summed E-state index contributed by atoms with van der Waals surface area (Å²) in [7, 11) is 1.48. The van der Waals surface area contributed by atoms with Crippen molar-refractivity contribution in [1.29, 1.82) is 0 Å². The minimum Gasteiger partial charge on any atom is -0.458 e. The topological polar surface area (TPSA) is 228 Å². The molecule has 51 heavy (non-hydrogen) atoms. The minimum absolute atomic E-state index is 0.0246. The van der Waals surface area contributed by atoms with E-state index >= 15 is 0 Å². The molecular weight excluding hydrogens is 670 g/mol. The Hall–Kier alpha value is -1.31. The predicted molar refractivity (Wildman–Crippen MR) is 175 cm³/mol. The Labute approximate surface area is 298 Å². The lowest BCUT2D eigenvalue weighted by Crippen LogP contribution is -2.66. The molecule has 8 N–H and O–H groups in total. The summed E-state index contributed by atoms with van der Waals surface area (Å²) < 4.78 is 22.4. The second-order valence-electron chi connectivity index (χ2n) is 16.8. The number of aliphatic hydroxyl groups is 8. The second-order valence-corrected chi connectivity index (χ2v) is 16.8. The number of hydroxylamine groups is 2. The van der Waals surface area contributed by atoms with Crippen molar-refractivity contribution in [1.82, 2.24) is 5.06 Å². The normalized spacial score (nSPS) is 52.9. The quantitative estimate of drug-likeness (QED) is 0.112. The number of aliphatic hydroxyl groups excluding tert-OH is 7. The van der Waals surface area contributed by atoms with Crippen LogP contribution in [-0.4, -0.2) is 152 Å². The molecule has 3 aliphatic heterocycles. The van der Waals surface area contributed by atoms with Crippen molar-refractivity contribution < 1.29 is 69.4 Å². The molecule has 0 amide bonds. The Morgan fingerprint density at radius 1 is 0.843 bits per heavy atom. The van der Waals surface area contributed by atoms with Gasteiger partial charge in [0.05, 0.1) is 25.9 Å². The van der Waals surface area contributed by atoms with Gasteiger partial charge >= 0.3 is 5.97 Å². The number of esters is 1. The summed E-state index contributed by atoms with van der Waals surface area (Å²) in [6.07, 6.45) is -5.38. The fourth-order valence-electron chi connectivity index (χ4n) is 11.8. The zero-order chi connectivity index (χ0) is 36.6. The van der Waals surface area contributed by atoms with E-state index in [2.05, 4.69) is 13.8 Å². The van der Waals surface area contributed by atoms with Crippen molar-refractivity contribution in [2.75, 3.05) is 26.9 Å². The molecule has 0 bridgehead atoms. The van der Waals surface area contributed by atoms with E-state index in [1.54, 1.807) is 11.1 Å². The molecule has 4 aliphatic carbocycles. The maximum absolute atomic E-state index is 12.6. The van der Waals surface area contributed by atoms with Gasteiger partial charge in [-0.3, -0.25) is 4.84 Å². The number of cyclic esters (lactones) is 1. The molecule has 3 unspecified atom stereocenters. The SMILES string of the molecule is CON([C@@H]1CC[C@@]2(C)C(CCC3C2CC[C@]2(C)[C@@H](C4=CC(=O)OC4)CC[C@]32O)C1)[C@@H]1O[C@H](CO[C@H]2O[C@H](CO)[C@H](O)[C@H](O)[C@H]2O)[C@@H](O)[C@H](O)[C@H]1O. The molecule has 18 atom stereocenters. The third-order valence-electron chi connectivity index (χ3n) is 14.7. The maximum Gasteiger partial charge on any atom is 0.331 e. The standard InChI is InChI=1S/C36H57NO14/c1-34-9-6-19(13-18(34)4-5-22-21(34)7-10-35(2)20(8-11-36(22,35)46)17-12-25(39)48-15-17)37(47-3)32-30(44)28(42)27(41)24(50-32)16-49-33-31(45)29(43)26(40)23(14-38)51-33/h12,18-24,26-33,38,40-46H,4-11,13-16H2,1-3H3/t18?,19-,20-,21?,22?,23-,24-,26+,27-,28+,29+,30-,31-,32-,33+,34+,35-,36+/m1/s1. The van der Waals surface area contributed by atoms with E-state index in [-0.39, 0.29) is 34.7 Å². The highest BCUT2D eigenvalue weighted by Crippen LogP contribution is 2.70. The molecule has 6 fully saturated rings. The second kappa shape index (κ2) is 14.1. The van der Waals surface area contributed by atoms with Gasteiger partial charge in [0.15, 0.2) is 12.5 Å².